The summed E-state index contributed by atoms with van der Waals surface area (Å²) in [5.74, 6) is -0.0800. The summed E-state index contributed by atoms with van der Waals surface area (Å²) in [4.78, 5) is 4.23. The number of pyridine rings is 1. The van der Waals surface area contributed by atoms with Crippen molar-refractivity contribution in [2.75, 3.05) is 31.6 Å². The molecule has 5 heteroatoms. The maximum atomic E-state index is 5.85. The first-order chi connectivity index (χ1) is 8.72. The maximum absolute atomic E-state index is 5.85. The number of ether oxygens (including phenoxy) is 2. The highest BCUT2D eigenvalue weighted by atomic mass is 16.7. The summed E-state index contributed by atoms with van der Waals surface area (Å²) in [6.07, 6.45) is 1.73. The lowest BCUT2D eigenvalue weighted by atomic mass is 10.1. The molecule has 1 rings (SSSR count). The van der Waals surface area contributed by atoms with Crippen LogP contribution in [0.2, 0.25) is 0 Å². The van der Waals surface area contributed by atoms with Crippen molar-refractivity contribution in [1.82, 2.24) is 4.98 Å². The van der Waals surface area contributed by atoms with E-state index in [0.29, 0.717) is 13.2 Å². The third-order valence-electron chi connectivity index (χ3n) is 2.58. The predicted octanol–water partition coefficient (Wildman–Crippen LogP) is 1.70. The van der Waals surface area contributed by atoms with Gasteiger partial charge in [0.1, 0.15) is 5.82 Å². The van der Waals surface area contributed by atoms with Crippen molar-refractivity contribution < 1.29 is 9.47 Å². The Kier molecular flexibility index (Phi) is 6.04. The van der Waals surface area contributed by atoms with Crippen molar-refractivity contribution in [2.45, 2.75) is 26.6 Å². The fraction of sp³-hybridized carbons (Fsp3) is 0.615. The molecule has 0 radical (unpaired) electrons. The van der Waals surface area contributed by atoms with Gasteiger partial charge in [0.25, 0.3) is 0 Å². The van der Waals surface area contributed by atoms with Crippen LogP contribution in [0.15, 0.2) is 18.3 Å². The second-order valence-corrected chi connectivity index (χ2v) is 3.78. The van der Waals surface area contributed by atoms with Gasteiger partial charge in [-0.15, -0.1) is 0 Å². The number of nitrogens with one attached hydrogen (secondary N) is 1. The van der Waals surface area contributed by atoms with Crippen molar-refractivity contribution in [2.24, 2.45) is 5.73 Å². The van der Waals surface area contributed by atoms with E-state index in [-0.39, 0.29) is 6.54 Å². The van der Waals surface area contributed by atoms with Gasteiger partial charge in [0, 0.05) is 31.5 Å². The van der Waals surface area contributed by atoms with Gasteiger partial charge in [-0.1, -0.05) is 0 Å². The topological polar surface area (TPSA) is 69.4 Å². The minimum atomic E-state index is -0.878. The molecule has 0 unspecified atom stereocenters. The third-order valence-corrected chi connectivity index (χ3v) is 2.58. The highest BCUT2D eigenvalue weighted by molar-refractivity contribution is 5.39. The van der Waals surface area contributed by atoms with Gasteiger partial charge in [-0.2, -0.15) is 0 Å². The summed E-state index contributed by atoms with van der Waals surface area (Å²) in [7, 11) is 0. The highest BCUT2D eigenvalue weighted by Crippen LogP contribution is 2.27. The minimum absolute atomic E-state index is 0.268. The zero-order valence-corrected chi connectivity index (χ0v) is 11.4. The van der Waals surface area contributed by atoms with Crippen molar-refractivity contribution in [3.05, 3.63) is 23.9 Å². The molecule has 0 atom stereocenters. The van der Waals surface area contributed by atoms with Crippen LogP contribution in [0, 0.1) is 0 Å². The summed E-state index contributed by atoms with van der Waals surface area (Å²) in [5, 5.41) is 3.17. The molecule has 1 aromatic rings. The number of nitrogens with two attached hydrogens (primary N) is 1. The molecular weight excluding hydrogens is 230 g/mol. The van der Waals surface area contributed by atoms with Gasteiger partial charge in [-0.25, -0.2) is 4.98 Å². The normalized spacial score (nSPS) is 11.6. The Labute approximate surface area is 109 Å². The second-order valence-electron chi connectivity index (χ2n) is 3.78. The smallest absolute Gasteiger partial charge is 0.207 e. The van der Waals surface area contributed by atoms with Gasteiger partial charge in [0.2, 0.25) is 5.79 Å². The average Bonchev–Trinajstić information content (AvgIpc) is 2.39. The van der Waals surface area contributed by atoms with Gasteiger partial charge in [0.05, 0.1) is 6.54 Å². The summed E-state index contributed by atoms with van der Waals surface area (Å²) in [6.45, 7) is 8.03. The lowest BCUT2D eigenvalue weighted by Crippen LogP contribution is -2.41. The van der Waals surface area contributed by atoms with Crippen LogP contribution in [-0.4, -0.2) is 31.3 Å². The minimum Gasteiger partial charge on any atom is -0.370 e. The Morgan fingerprint density at radius 1 is 1.28 bits per heavy atom. The monoisotopic (exact) mass is 253 g/mol. The highest BCUT2D eigenvalue weighted by Gasteiger charge is 2.32. The summed E-state index contributed by atoms with van der Waals surface area (Å²) in [5.41, 5.74) is 6.73. The lowest BCUT2D eigenvalue weighted by Gasteiger charge is -2.32. The molecule has 0 aliphatic rings. The van der Waals surface area contributed by atoms with Crippen LogP contribution >= 0.6 is 0 Å². The zero-order chi connectivity index (χ0) is 13.4. The molecule has 0 bridgehead atoms. The van der Waals surface area contributed by atoms with E-state index in [9.17, 15) is 0 Å². The SMILES string of the molecule is CCNc1cc(C(CN)(OCC)OCC)ccn1. The van der Waals surface area contributed by atoms with Crippen LogP contribution < -0.4 is 11.1 Å². The van der Waals surface area contributed by atoms with Crippen LogP contribution in [0.3, 0.4) is 0 Å². The summed E-state index contributed by atoms with van der Waals surface area (Å²) in [6, 6.07) is 3.79. The molecule has 0 aromatic carbocycles. The molecule has 0 aliphatic heterocycles. The summed E-state index contributed by atoms with van der Waals surface area (Å²) >= 11 is 0. The molecule has 0 fully saturated rings. The Hall–Kier alpha value is -1.17. The van der Waals surface area contributed by atoms with E-state index in [2.05, 4.69) is 10.3 Å². The largest absolute Gasteiger partial charge is 0.370 e. The quantitative estimate of drug-likeness (QED) is 0.690. The zero-order valence-electron chi connectivity index (χ0n) is 11.4. The standard InChI is InChI=1S/C13H23N3O2/c1-4-15-12-9-11(7-8-16-12)13(10-14,17-5-2)18-6-3/h7-9H,4-6,10,14H2,1-3H3,(H,15,16). The molecule has 102 valence electrons. The Balaban J connectivity index is 3.06. The van der Waals surface area contributed by atoms with Gasteiger partial charge in [-0.3, -0.25) is 0 Å². The molecule has 0 spiro atoms. The van der Waals surface area contributed by atoms with Crippen LogP contribution in [0.1, 0.15) is 26.3 Å². The van der Waals surface area contributed by atoms with Crippen LogP contribution in [-0.2, 0) is 15.3 Å². The first-order valence-electron chi connectivity index (χ1n) is 6.40. The maximum Gasteiger partial charge on any atom is 0.207 e. The molecule has 0 amide bonds. The number of hydrogen-bond donors (Lipinski definition) is 2. The predicted molar refractivity (Wildman–Crippen MR) is 72.4 cm³/mol. The molecule has 1 aromatic heterocycles. The number of nitrogens with zero attached hydrogens (tertiary/aromatic N) is 1. The van der Waals surface area contributed by atoms with E-state index in [1.54, 1.807) is 6.20 Å². The Morgan fingerprint density at radius 3 is 2.44 bits per heavy atom. The number of hydrogen-bond acceptors (Lipinski definition) is 5. The molecule has 0 saturated heterocycles. The molecule has 1 heterocycles. The fourth-order valence-corrected chi connectivity index (χ4v) is 1.86. The van der Waals surface area contributed by atoms with E-state index in [1.807, 2.05) is 32.9 Å². The van der Waals surface area contributed by atoms with E-state index < -0.39 is 5.79 Å². The first-order valence-corrected chi connectivity index (χ1v) is 6.40. The second kappa shape index (κ2) is 7.31. The lowest BCUT2D eigenvalue weighted by molar-refractivity contribution is -0.235. The van der Waals surface area contributed by atoms with Crippen molar-refractivity contribution in [3.63, 3.8) is 0 Å². The number of rotatable bonds is 8. The molecule has 5 nitrogen and oxygen atoms in total. The fourth-order valence-electron chi connectivity index (χ4n) is 1.86. The molecule has 3 N–H and O–H groups in total. The Bertz CT molecular complexity index is 352. The Morgan fingerprint density at radius 2 is 1.94 bits per heavy atom. The van der Waals surface area contributed by atoms with Crippen LogP contribution in [0.25, 0.3) is 0 Å². The molecule has 18 heavy (non-hydrogen) atoms. The van der Waals surface area contributed by atoms with Crippen molar-refractivity contribution in [1.29, 1.82) is 0 Å². The van der Waals surface area contributed by atoms with E-state index >= 15 is 0 Å². The van der Waals surface area contributed by atoms with E-state index in [1.165, 1.54) is 0 Å². The van der Waals surface area contributed by atoms with E-state index in [0.717, 1.165) is 17.9 Å². The average molecular weight is 253 g/mol. The third kappa shape index (κ3) is 3.41. The van der Waals surface area contributed by atoms with Crippen LogP contribution in [0.5, 0.6) is 0 Å². The van der Waals surface area contributed by atoms with Gasteiger partial charge in [0.15, 0.2) is 0 Å². The van der Waals surface area contributed by atoms with Crippen molar-refractivity contribution in [3.8, 4) is 0 Å². The molecule has 0 aliphatic carbocycles. The van der Waals surface area contributed by atoms with Crippen LogP contribution in [0.4, 0.5) is 5.82 Å². The van der Waals surface area contributed by atoms with Gasteiger partial charge in [-0.05, 0) is 32.9 Å². The molecular formula is C13H23N3O2. The van der Waals surface area contributed by atoms with Crippen molar-refractivity contribution >= 4 is 5.82 Å². The van der Waals surface area contributed by atoms with E-state index in [4.69, 9.17) is 15.2 Å². The summed E-state index contributed by atoms with van der Waals surface area (Å²) < 4.78 is 11.5. The molecule has 0 saturated carbocycles. The van der Waals surface area contributed by atoms with Gasteiger partial charge < -0.3 is 20.5 Å². The van der Waals surface area contributed by atoms with Gasteiger partial charge >= 0.3 is 0 Å². The number of aromatic nitrogens is 1. The first kappa shape index (κ1) is 14.9. The number of anilines is 1.